The number of carbonyl (C=O) groups is 1. The topological polar surface area (TPSA) is 38.3 Å². The lowest BCUT2D eigenvalue weighted by Crippen LogP contribution is -2.21. The van der Waals surface area contributed by atoms with Crippen molar-refractivity contribution in [3.05, 3.63) is 94.0 Å². The minimum Gasteiger partial charge on any atom is -0.484 e. The van der Waals surface area contributed by atoms with Crippen molar-refractivity contribution >= 4 is 34.8 Å². The first-order valence-electron chi connectivity index (χ1n) is 8.90. The first-order valence-corrected chi connectivity index (χ1v) is 9.65. The number of nitrogens with one attached hydrogen (secondary N) is 1. The quantitative estimate of drug-likeness (QED) is 0.511. The van der Waals surface area contributed by atoms with Crippen molar-refractivity contribution in [3.8, 4) is 5.75 Å². The molecule has 3 aromatic carbocycles. The summed E-state index contributed by atoms with van der Waals surface area (Å²) in [5, 5.41) is 3.60. The average Bonchev–Trinajstić information content (AvgIpc) is 2.69. The number of halogens is 2. The predicted molar refractivity (Wildman–Crippen MR) is 116 cm³/mol. The van der Waals surface area contributed by atoms with E-state index in [2.05, 4.69) is 31.3 Å². The van der Waals surface area contributed by atoms with Crippen LogP contribution in [-0.4, -0.2) is 12.5 Å². The van der Waals surface area contributed by atoms with Gasteiger partial charge in [0.25, 0.3) is 5.91 Å². The molecular weight excluding hydrogens is 393 g/mol. The Morgan fingerprint density at radius 2 is 1.57 bits per heavy atom. The van der Waals surface area contributed by atoms with E-state index in [1.165, 1.54) is 11.1 Å². The molecule has 0 saturated carbocycles. The number of benzene rings is 3. The third-order valence-electron chi connectivity index (χ3n) is 4.65. The van der Waals surface area contributed by atoms with E-state index in [9.17, 15) is 4.79 Å². The van der Waals surface area contributed by atoms with Crippen molar-refractivity contribution in [1.82, 2.24) is 0 Å². The SMILES string of the molecule is CC(C)(c1ccccc1)c1ccc(OCC(=O)Nc2ccc(Cl)cc2Cl)cc1. The van der Waals surface area contributed by atoms with Crippen LogP contribution in [0, 0.1) is 0 Å². The molecule has 0 heterocycles. The van der Waals surface area contributed by atoms with Crippen LogP contribution in [0.3, 0.4) is 0 Å². The van der Waals surface area contributed by atoms with Crippen LogP contribution in [-0.2, 0) is 10.2 Å². The van der Waals surface area contributed by atoms with E-state index in [1.54, 1.807) is 18.2 Å². The average molecular weight is 414 g/mol. The van der Waals surface area contributed by atoms with Crippen LogP contribution in [0.15, 0.2) is 72.8 Å². The van der Waals surface area contributed by atoms with E-state index in [1.807, 2.05) is 42.5 Å². The maximum atomic E-state index is 12.1. The van der Waals surface area contributed by atoms with E-state index in [4.69, 9.17) is 27.9 Å². The lowest BCUT2D eigenvalue weighted by Gasteiger charge is -2.26. The predicted octanol–water partition coefficient (Wildman–Crippen LogP) is 6.34. The summed E-state index contributed by atoms with van der Waals surface area (Å²) in [6, 6.07) is 23.0. The molecule has 3 aromatic rings. The van der Waals surface area contributed by atoms with Crippen molar-refractivity contribution in [1.29, 1.82) is 0 Å². The number of carbonyl (C=O) groups excluding carboxylic acids is 1. The molecule has 0 unspecified atom stereocenters. The zero-order valence-electron chi connectivity index (χ0n) is 15.7. The molecule has 0 fully saturated rings. The lowest BCUT2D eigenvalue weighted by atomic mass is 9.78. The van der Waals surface area contributed by atoms with Gasteiger partial charge in [-0.05, 0) is 41.5 Å². The van der Waals surface area contributed by atoms with E-state index in [0.29, 0.717) is 21.5 Å². The summed E-state index contributed by atoms with van der Waals surface area (Å²) < 4.78 is 5.60. The molecule has 0 atom stereocenters. The van der Waals surface area contributed by atoms with Gasteiger partial charge >= 0.3 is 0 Å². The zero-order valence-corrected chi connectivity index (χ0v) is 17.2. The summed E-state index contributed by atoms with van der Waals surface area (Å²) in [5.74, 6) is 0.336. The summed E-state index contributed by atoms with van der Waals surface area (Å²) in [7, 11) is 0. The molecule has 0 saturated heterocycles. The van der Waals surface area contributed by atoms with Crippen molar-refractivity contribution in [3.63, 3.8) is 0 Å². The number of rotatable bonds is 6. The maximum absolute atomic E-state index is 12.1. The maximum Gasteiger partial charge on any atom is 0.262 e. The molecule has 0 aliphatic heterocycles. The smallest absolute Gasteiger partial charge is 0.262 e. The number of anilines is 1. The highest BCUT2D eigenvalue weighted by atomic mass is 35.5. The Morgan fingerprint density at radius 3 is 2.21 bits per heavy atom. The van der Waals surface area contributed by atoms with Gasteiger partial charge in [0.05, 0.1) is 10.7 Å². The summed E-state index contributed by atoms with van der Waals surface area (Å²) >= 11 is 11.9. The summed E-state index contributed by atoms with van der Waals surface area (Å²) in [4.78, 5) is 12.1. The Balaban J connectivity index is 1.61. The Kier molecular flexibility index (Phi) is 6.28. The van der Waals surface area contributed by atoms with Crippen molar-refractivity contribution in [2.75, 3.05) is 11.9 Å². The molecule has 144 valence electrons. The van der Waals surface area contributed by atoms with E-state index < -0.39 is 0 Å². The van der Waals surface area contributed by atoms with Crippen LogP contribution in [0.2, 0.25) is 10.0 Å². The standard InChI is InChI=1S/C23H21Cl2NO2/c1-23(2,16-6-4-3-5-7-16)17-8-11-19(12-9-17)28-15-22(27)26-21-13-10-18(24)14-20(21)25/h3-14H,15H2,1-2H3,(H,26,27). The number of hydrogen-bond acceptors (Lipinski definition) is 2. The van der Waals surface area contributed by atoms with Crippen molar-refractivity contribution in [2.45, 2.75) is 19.3 Å². The van der Waals surface area contributed by atoms with Crippen LogP contribution < -0.4 is 10.1 Å². The Bertz CT molecular complexity index is 954. The molecule has 0 aromatic heterocycles. The van der Waals surface area contributed by atoms with E-state index in [-0.39, 0.29) is 17.9 Å². The number of amides is 1. The molecule has 3 rings (SSSR count). The third-order valence-corrected chi connectivity index (χ3v) is 5.19. The zero-order chi connectivity index (χ0) is 20.1. The molecule has 0 bridgehead atoms. The summed E-state index contributed by atoms with van der Waals surface area (Å²) in [5.41, 5.74) is 2.79. The monoisotopic (exact) mass is 413 g/mol. The Labute approximate surface area is 175 Å². The van der Waals surface area contributed by atoms with Gasteiger partial charge in [-0.1, -0.05) is 79.5 Å². The van der Waals surface area contributed by atoms with Gasteiger partial charge in [0.2, 0.25) is 0 Å². The lowest BCUT2D eigenvalue weighted by molar-refractivity contribution is -0.118. The fourth-order valence-electron chi connectivity index (χ4n) is 2.92. The molecule has 5 heteroatoms. The fraction of sp³-hybridized carbons (Fsp3) is 0.174. The van der Waals surface area contributed by atoms with Gasteiger partial charge in [-0.15, -0.1) is 0 Å². The highest BCUT2D eigenvalue weighted by Crippen LogP contribution is 2.32. The van der Waals surface area contributed by atoms with Gasteiger partial charge in [-0.2, -0.15) is 0 Å². The molecule has 1 N–H and O–H groups in total. The Morgan fingerprint density at radius 1 is 0.929 bits per heavy atom. The van der Waals surface area contributed by atoms with Crippen LogP contribution in [0.5, 0.6) is 5.75 Å². The minimum atomic E-state index is -0.294. The van der Waals surface area contributed by atoms with Crippen LogP contribution in [0.1, 0.15) is 25.0 Å². The van der Waals surface area contributed by atoms with Gasteiger partial charge in [0.15, 0.2) is 6.61 Å². The van der Waals surface area contributed by atoms with Gasteiger partial charge < -0.3 is 10.1 Å². The van der Waals surface area contributed by atoms with Gasteiger partial charge in [0.1, 0.15) is 5.75 Å². The molecule has 3 nitrogen and oxygen atoms in total. The largest absolute Gasteiger partial charge is 0.484 e. The minimum absolute atomic E-state index is 0.111. The second-order valence-corrected chi connectivity index (χ2v) is 7.82. The highest BCUT2D eigenvalue weighted by Gasteiger charge is 2.22. The fourth-order valence-corrected chi connectivity index (χ4v) is 3.37. The van der Waals surface area contributed by atoms with Gasteiger partial charge in [-0.25, -0.2) is 0 Å². The van der Waals surface area contributed by atoms with Crippen LogP contribution in [0.25, 0.3) is 0 Å². The van der Waals surface area contributed by atoms with Crippen LogP contribution in [0.4, 0.5) is 5.69 Å². The second kappa shape index (κ2) is 8.68. The molecule has 0 aliphatic rings. The van der Waals surface area contributed by atoms with E-state index >= 15 is 0 Å². The number of ether oxygens (including phenoxy) is 1. The van der Waals surface area contributed by atoms with Crippen molar-refractivity contribution < 1.29 is 9.53 Å². The molecule has 1 amide bonds. The first kappa shape index (κ1) is 20.2. The van der Waals surface area contributed by atoms with Crippen molar-refractivity contribution in [2.24, 2.45) is 0 Å². The summed E-state index contributed by atoms with van der Waals surface area (Å²) in [6.07, 6.45) is 0. The molecule has 28 heavy (non-hydrogen) atoms. The molecular formula is C23H21Cl2NO2. The summed E-state index contributed by atoms with van der Waals surface area (Å²) in [6.45, 7) is 4.25. The molecule has 0 aliphatic carbocycles. The normalized spacial score (nSPS) is 11.1. The van der Waals surface area contributed by atoms with E-state index in [0.717, 1.165) is 0 Å². The molecule has 0 spiro atoms. The third kappa shape index (κ3) is 4.86. The van der Waals surface area contributed by atoms with Gasteiger partial charge in [-0.3, -0.25) is 4.79 Å². The highest BCUT2D eigenvalue weighted by molar-refractivity contribution is 6.36. The van der Waals surface area contributed by atoms with Gasteiger partial charge in [0, 0.05) is 10.4 Å². The number of hydrogen-bond donors (Lipinski definition) is 1. The van der Waals surface area contributed by atoms with Crippen LogP contribution >= 0.6 is 23.2 Å². The first-order chi connectivity index (χ1) is 13.4. The molecule has 0 radical (unpaired) electrons. The second-order valence-electron chi connectivity index (χ2n) is 6.98. The Hall–Kier alpha value is -2.49.